The maximum Gasteiger partial charge on any atom is 0.247 e. The normalized spacial score (nSPS) is 13.9. The van der Waals surface area contributed by atoms with E-state index in [4.69, 9.17) is 16.3 Å². The Labute approximate surface area is 203 Å². The summed E-state index contributed by atoms with van der Waals surface area (Å²) in [6, 6.07) is 7.48. The van der Waals surface area contributed by atoms with E-state index in [2.05, 4.69) is 42.5 Å². The van der Waals surface area contributed by atoms with Gasteiger partial charge in [-0.15, -0.1) is 0 Å². The number of carbonyl (C=O) groups excluding carboxylic acids is 1. The van der Waals surface area contributed by atoms with Crippen molar-refractivity contribution in [2.24, 2.45) is 0 Å². The predicted molar refractivity (Wildman–Crippen MR) is 132 cm³/mol. The number of morpholine rings is 1. The average Bonchev–Trinajstić information content (AvgIpc) is 3.31. The molecular weight excluding hydrogens is 456 g/mol. The molecule has 0 saturated carbocycles. The van der Waals surface area contributed by atoms with Crippen molar-refractivity contribution in [2.75, 3.05) is 48.8 Å². The molecule has 10 nitrogen and oxygen atoms in total. The molecule has 3 heterocycles. The Balaban J connectivity index is 1.33. The number of ether oxygens (including phenoxy) is 1. The van der Waals surface area contributed by atoms with Crippen molar-refractivity contribution in [3.63, 3.8) is 0 Å². The van der Waals surface area contributed by atoms with Crippen LogP contribution in [0, 0.1) is 0 Å². The molecule has 1 fully saturated rings. The van der Waals surface area contributed by atoms with Crippen molar-refractivity contribution in [3.05, 3.63) is 66.1 Å². The fourth-order valence-corrected chi connectivity index (χ4v) is 3.60. The van der Waals surface area contributed by atoms with Crippen molar-refractivity contribution in [3.8, 4) is 0 Å². The van der Waals surface area contributed by atoms with Gasteiger partial charge in [0.15, 0.2) is 5.82 Å². The zero-order valence-electron chi connectivity index (χ0n) is 18.7. The fraction of sp³-hybridized carbons (Fsp3) is 0.304. The lowest BCUT2D eigenvalue weighted by Crippen LogP contribution is -2.38. The largest absolute Gasteiger partial charge is 0.379 e. The van der Waals surface area contributed by atoms with E-state index in [-0.39, 0.29) is 5.91 Å². The Hall–Kier alpha value is -3.47. The summed E-state index contributed by atoms with van der Waals surface area (Å²) in [7, 11) is 0. The van der Waals surface area contributed by atoms with Crippen LogP contribution in [0.15, 0.2) is 55.5 Å². The molecule has 1 saturated heterocycles. The monoisotopic (exact) mass is 482 g/mol. The van der Waals surface area contributed by atoms with Gasteiger partial charge in [0.1, 0.15) is 5.02 Å². The first-order valence-corrected chi connectivity index (χ1v) is 11.4. The molecule has 3 N–H and O–H groups in total. The Morgan fingerprint density at radius 1 is 1.21 bits per heavy atom. The highest BCUT2D eigenvalue weighted by molar-refractivity contribution is 6.32. The van der Waals surface area contributed by atoms with E-state index < -0.39 is 0 Å². The molecule has 1 aromatic carbocycles. The number of amides is 1. The third kappa shape index (κ3) is 6.77. The highest BCUT2D eigenvalue weighted by Gasteiger charge is 2.11. The average molecular weight is 483 g/mol. The van der Waals surface area contributed by atoms with Crippen molar-refractivity contribution >= 4 is 40.6 Å². The summed E-state index contributed by atoms with van der Waals surface area (Å²) in [4.78, 5) is 22.6. The minimum absolute atomic E-state index is 0.260. The van der Waals surface area contributed by atoms with E-state index in [0.29, 0.717) is 29.0 Å². The lowest BCUT2D eigenvalue weighted by molar-refractivity contribution is -0.111. The second-order valence-corrected chi connectivity index (χ2v) is 8.12. The molecule has 178 valence electrons. The summed E-state index contributed by atoms with van der Waals surface area (Å²) >= 11 is 6.29. The van der Waals surface area contributed by atoms with Crippen LogP contribution in [-0.4, -0.2) is 63.4 Å². The molecule has 4 rings (SSSR count). The number of hydrogen-bond acceptors (Lipinski definition) is 8. The van der Waals surface area contributed by atoms with Crippen LogP contribution < -0.4 is 16.0 Å². The number of aromatic nitrogens is 4. The second-order valence-electron chi connectivity index (χ2n) is 7.71. The molecule has 0 spiro atoms. The third-order valence-electron chi connectivity index (χ3n) is 5.22. The number of nitrogens with one attached hydrogen (secondary N) is 3. The molecule has 0 radical (unpaired) electrons. The molecular formula is C23H27ClN8O2. The molecule has 0 unspecified atom stereocenters. The molecule has 3 aromatic rings. The number of hydrogen-bond donors (Lipinski definition) is 3. The predicted octanol–water partition coefficient (Wildman–Crippen LogP) is 3.14. The Bertz CT molecular complexity index is 1130. The molecule has 0 atom stereocenters. The first kappa shape index (κ1) is 23.7. The highest BCUT2D eigenvalue weighted by Crippen LogP contribution is 2.22. The van der Waals surface area contributed by atoms with Gasteiger partial charge in [-0.1, -0.05) is 30.3 Å². The smallest absolute Gasteiger partial charge is 0.247 e. The van der Waals surface area contributed by atoms with Crippen LogP contribution in [0.2, 0.25) is 5.02 Å². The summed E-state index contributed by atoms with van der Waals surface area (Å²) in [6.45, 7) is 9.12. The molecule has 2 aromatic heterocycles. The quantitative estimate of drug-likeness (QED) is 0.378. The first-order valence-electron chi connectivity index (χ1n) is 11.0. The van der Waals surface area contributed by atoms with Crippen molar-refractivity contribution < 1.29 is 9.53 Å². The maximum atomic E-state index is 11.5. The lowest BCUT2D eigenvalue weighted by atomic mass is 10.2. The van der Waals surface area contributed by atoms with Gasteiger partial charge in [0.05, 0.1) is 37.8 Å². The van der Waals surface area contributed by atoms with Gasteiger partial charge < -0.3 is 20.7 Å². The van der Waals surface area contributed by atoms with E-state index in [1.54, 1.807) is 12.4 Å². The van der Waals surface area contributed by atoms with Crippen LogP contribution in [0.5, 0.6) is 0 Å². The van der Waals surface area contributed by atoms with E-state index in [1.807, 2.05) is 35.1 Å². The number of rotatable bonds is 10. The Morgan fingerprint density at radius 2 is 2.06 bits per heavy atom. The van der Waals surface area contributed by atoms with Crippen LogP contribution in [0.1, 0.15) is 5.56 Å². The third-order valence-corrected chi connectivity index (χ3v) is 5.50. The lowest BCUT2D eigenvalue weighted by Gasteiger charge is -2.26. The van der Waals surface area contributed by atoms with Crippen LogP contribution in [0.25, 0.3) is 0 Å². The second kappa shape index (κ2) is 11.6. The summed E-state index contributed by atoms with van der Waals surface area (Å²) in [6.07, 6.45) is 6.44. The first-order chi connectivity index (χ1) is 16.6. The SMILES string of the molecule is C=CC(=O)Nc1cccc(CNc2nc(Nc3cnn(CCN4CCOCC4)c3)ncc2Cl)c1. The van der Waals surface area contributed by atoms with Crippen LogP contribution in [-0.2, 0) is 22.6 Å². The number of anilines is 4. The van der Waals surface area contributed by atoms with Crippen LogP contribution in [0.3, 0.4) is 0 Å². The fourth-order valence-electron chi connectivity index (χ4n) is 3.44. The van der Waals surface area contributed by atoms with Crippen molar-refractivity contribution in [1.29, 1.82) is 0 Å². The minimum atomic E-state index is -0.260. The summed E-state index contributed by atoms with van der Waals surface area (Å²) < 4.78 is 7.28. The standard InChI is InChI=1S/C23H27ClN8O2/c1-2-21(33)28-18-5-3-4-17(12-18)13-25-22-20(24)15-26-23(30-22)29-19-14-27-32(16-19)7-6-31-8-10-34-11-9-31/h2-5,12,14-16H,1,6-11,13H2,(H,28,33)(H2,25,26,29,30). The number of halogens is 1. The van der Waals surface area contributed by atoms with Gasteiger partial charge in [-0.2, -0.15) is 10.1 Å². The molecule has 11 heteroatoms. The molecule has 0 bridgehead atoms. The topological polar surface area (TPSA) is 109 Å². The van der Waals surface area contributed by atoms with E-state index in [0.717, 1.165) is 50.6 Å². The molecule has 0 aliphatic carbocycles. The molecule has 34 heavy (non-hydrogen) atoms. The van der Waals surface area contributed by atoms with Gasteiger partial charge in [-0.3, -0.25) is 14.4 Å². The molecule has 1 aliphatic rings. The Morgan fingerprint density at radius 3 is 2.88 bits per heavy atom. The van der Waals surface area contributed by atoms with Crippen molar-refractivity contribution in [1.82, 2.24) is 24.6 Å². The van der Waals surface area contributed by atoms with Gasteiger partial charge in [-0.05, 0) is 23.8 Å². The summed E-state index contributed by atoms with van der Waals surface area (Å²) in [5.41, 5.74) is 2.43. The minimum Gasteiger partial charge on any atom is -0.379 e. The Kier molecular flexibility index (Phi) is 8.08. The highest BCUT2D eigenvalue weighted by atomic mass is 35.5. The molecule has 1 aliphatic heterocycles. The zero-order valence-corrected chi connectivity index (χ0v) is 19.5. The van der Waals surface area contributed by atoms with Gasteiger partial charge in [0, 0.05) is 38.1 Å². The van der Waals surface area contributed by atoms with Gasteiger partial charge >= 0.3 is 0 Å². The van der Waals surface area contributed by atoms with Crippen LogP contribution >= 0.6 is 11.6 Å². The van der Waals surface area contributed by atoms with E-state index in [9.17, 15) is 4.79 Å². The summed E-state index contributed by atoms with van der Waals surface area (Å²) in [5, 5.41) is 14.0. The molecule has 1 amide bonds. The zero-order chi connectivity index (χ0) is 23.8. The van der Waals surface area contributed by atoms with Gasteiger partial charge in [0.2, 0.25) is 11.9 Å². The summed E-state index contributed by atoms with van der Waals surface area (Å²) in [5.74, 6) is 0.648. The number of benzene rings is 1. The number of nitrogens with zero attached hydrogens (tertiary/aromatic N) is 5. The van der Waals surface area contributed by atoms with E-state index in [1.165, 1.54) is 6.08 Å². The van der Waals surface area contributed by atoms with E-state index >= 15 is 0 Å². The van der Waals surface area contributed by atoms with Crippen molar-refractivity contribution in [2.45, 2.75) is 13.1 Å². The maximum absolute atomic E-state index is 11.5. The van der Waals surface area contributed by atoms with Crippen LogP contribution in [0.4, 0.5) is 23.1 Å². The number of carbonyl (C=O) groups is 1. The van der Waals surface area contributed by atoms with Gasteiger partial charge in [-0.25, -0.2) is 4.98 Å². The van der Waals surface area contributed by atoms with Gasteiger partial charge in [0.25, 0.3) is 0 Å².